The molecule has 0 spiro atoms. The van der Waals surface area contributed by atoms with E-state index in [9.17, 15) is 4.21 Å². The van der Waals surface area contributed by atoms with Gasteiger partial charge in [-0.25, -0.2) is 4.21 Å². The third kappa shape index (κ3) is 1.80. The molecule has 1 N–H and O–H groups in total. The lowest BCUT2D eigenvalue weighted by Gasteiger charge is -2.06. The van der Waals surface area contributed by atoms with Crippen LogP contribution in [0, 0.1) is 0 Å². The Hall–Kier alpha value is -1.20. The number of nitrogens with zero attached hydrogens (tertiary/aromatic N) is 2. The quantitative estimate of drug-likeness (QED) is 0.795. The van der Waals surface area contributed by atoms with Crippen LogP contribution in [0.5, 0.6) is 0 Å². The van der Waals surface area contributed by atoms with Gasteiger partial charge in [0.05, 0.1) is 16.6 Å². The fraction of sp³-hybridized carbons (Fsp3) is 0.300. The van der Waals surface area contributed by atoms with E-state index in [1.54, 1.807) is 18.3 Å². The topological polar surface area (TPSA) is 55.1 Å². The van der Waals surface area contributed by atoms with E-state index >= 15 is 0 Å². The maximum atomic E-state index is 10.9. The molecule has 0 radical (unpaired) electrons. The number of hydrogen-bond donors (Lipinski definition) is 1. The van der Waals surface area contributed by atoms with Crippen LogP contribution >= 0.6 is 0 Å². The van der Waals surface area contributed by atoms with E-state index in [4.69, 9.17) is 4.55 Å². The fourth-order valence-electron chi connectivity index (χ4n) is 1.55. The largest absolute Gasteiger partial charge is 0.302 e. The summed E-state index contributed by atoms with van der Waals surface area (Å²) in [5.74, 6) is 0. The minimum atomic E-state index is -1.92. The van der Waals surface area contributed by atoms with Gasteiger partial charge in [0.2, 0.25) is 0 Å². The van der Waals surface area contributed by atoms with Crippen molar-refractivity contribution in [2.24, 2.45) is 0 Å². The summed E-state index contributed by atoms with van der Waals surface area (Å²) >= 11 is -1.92. The first-order valence-electron chi connectivity index (χ1n) is 4.67. The van der Waals surface area contributed by atoms with Gasteiger partial charge < -0.3 is 4.55 Å². The second-order valence-electron chi connectivity index (χ2n) is 3.65. The highest BCUT2D eigenvalue weighted by molar-refractivity contribution is 7.79. The molecule has 5 heteroatoms. The van der Waals surface area contributed by atoms with E-state index in [0.29, 0.717) is 4.90 Å². The van der Waals surface area contributed by atoms with Gasteiger partial charge in [-0.05, 0) is 32.0 Å². The molecular weight excluding hydrogens is 212 g/mol. The number of aromatic nitrogens is 2. The van der Waals surface area contributed by atoms with Gasteiger partial charge in [-0.1, -0.05) is 0 Å². The van der Waals surface area contributed by atoms with E-state index in [1.165, 1.54) is 0 Å². The molecule has 4 nitrogen and oxygen atoms in total. The molecule has 80 valence electrons. The summed E-state index contributed by atoms with van der Waals surface area (Å²) in [7, 11) is 0. The summed E-state index contributed by atoms with van der Waals surface area (Å²) in [6.45, 7) is 4.09. The van der Waals surface area contributed by atoms with Crippen molar-refractivity contribution < 1.29 is 8.76 Å². The SMILES string of the molecule is CC(C)n1ncc2cc(S(=O)O)ccc21. The van der Waals surface area contributed by atoms with Crippen molar-refractivity contribution in [1.82, 2.24) is 9.78 Å². The number of fused-ring (bicyclic) bond motifs is 1. The number of benzene rings is 1. The first kappa shape index (κ1) is 10.3. The molecule has 1 aromatic carbocycles. The average Bonchev–Trinajstić information content (AvgIpc) is 2.59. The van der Waals surface area contributed by atoms with Gasteiger partial charge in [0, 0.05) is 11.4 Å². The monoisotopic (exact) mass is 224 g/mol. The highest BCUT2D eigenvalue weighted by Crippen LogP contribution is 2.20. The third-order valence-corrected chi connectivity index (χ3v) is 2.92. The Morgan fingerprint density at radius 1 is 1.47 bits per heavy atom. The summed E-state index contributed by atoms with van der Waals surface area (Å²) in [5, 5.41) is 5.12. The van der Waals surface area contributed by atoms with Crippen molar-refractivity contribution in [1.29, 1.82) is 0 Å². The Balaban J connectivity index is 2.61. The molecule has 0 saturated heterocycles. The van der Waals surface area contributed by atoms with Crippen LogP contribution in [-0.2, 0) is 11.1 Å². The Labute approximate surface area is 90.2 Å². The molecule has 15 heavy (non-hydrogen) atoms. The Morgan fingerprint density at radius 2 is 2.20 bits per heavy atom. The Kier molecular flexibility index (Phi) is 2.58. The van der Waals surface area contributed by atoms with Crippen molar-refractivity contribution in [3.63, 3.8) is 0 Å². The minimum Gasteiger partial charge on any atom is -0.302 e. The summed E-state index contributed by atoms with van der Waals surface area (Å²) < 4.78 is 21.7. The first-order valence-corrected chi connectivity index (χ1v) is 5.78. The average molecular weight is 224 g/mol. The standard InChI is InChI=1S/C10H12N2O2S/c1-7(2)12-10-4-3-9(15(13)14)5-8(10)6-11-12/h3-7H,1-2H3,(H,13,14). The minimum absolute atomic E-state index is 0.285. The van der Waals surface area contributed by atoms with E-state index in [2.05, 4.69) is 5.10 Å². The molecule has 1 unspecified atom stereocenters. The van der Waals surface area contributed by atoms with Gasteiger partial charge in [-0.3, -0.25) is 4.68 Å². The van der Waals surface area contributed by atoms with Crippen LogP contribution in [0.1, 0.15) is 19.9 Å². The van der Waals surface area contributed by atoms with Crippen LogP contribution in [0.15, 0.2) is 29.3 Å². The zero-order chi connectivity index (χ0) is 11.0. The lowest BCUT2D eigenvalue weighted by Crippen LogP contribution is -2.01. The molecule has 2 aromatic rings. The van der Waals surface area contributed by atoms with Gasteiger partial charge in [0.1, 0.15) is 0 Å². The molecule has 0 bridgehead atoms. The summed E-state index contributed by atoms with van der Waals surface area (Å²) in [5.41, 5.74) is 0.985. The van der Waals surface area contributed by atoms with E-state index in [-0.39, 0.29) is 6.04 Å². The molecular formula is C10H12N2O2S. The zero-order valence-electron chi connectivity index (χ0n) is 8.54. The summed E-state index contributed by atoms with van der Waals surface area (Å²) in [6, 6.07) is 5.45. The maximum Gasteiger partial charge on any atom is 0.186 e. The zero-order valence-corrected chi connectivity index (χ0v) is 9.36. The molecule has 0 fully saturated rings. The van der Waals surface area contributed by atoms with Gasteiger partial charge in [-0.15, -0.1) is 0 Å². The molecule has 0 aliphatic rings. The van der Waals surface area contributed by atoms with Crippen LogP contribution in [-0.4, -0.2) is 18.5 Å². The molecule has 0 aliphatic heterocycles. The van der Waals surface area contributed by atoms with Gasteiger partial charge in [-0.2, -0.15) is 5.10 Å². The second kappa shape index (κ2) is 3.75. The molecule has 0 aliphatic carbocycles. The first-order chi connectivity index (χ1) is 7.09. The molecule has 0 amide bonds. The predicted octanol–water partition coefficient (Wildman–Crippen LogP) is 2.20. The predicted molar refractivity (Wildman–Crippen MR) is 59.2 cm³/mol. The van der Waals surface area contributed by atoms with Crippen LogP contribution in [0.25, 0.3) is 10.9 Å². The van der Waals surface area contributed by atoms with Gasteiger partial charge >= 0.3 is 0 Å². The molecule has 1 heterocycles. The lowest BCUT2D eigenvalue weighted by molar-refractivity contribution is 0.551. The van der Waals surface area contributed by atoms with Crippen molar-refractivity contribution in [2.45, 2.75) is 24.8 Å². The summed E-state index contributed by atoms with van der Waals surface area (Å²) in [4.78, 5) is 0.408. The lowest BCUT2D eigenvalue weighted by atomic mass is 10.2. The summed E-state index contributed by atoms with van der Waals surface area (Å²) in [6.07, 6.45) is 1.71. The van der Waals surface area contributed by atoms with Crippen molar-refractivity contribution >= 4 is 22.0 Å². The van der Waals surface area contributed by atoms with Gasteiger partial charge in [0.15, 0.2) is 11.1 Å². The van der Waals surface area contributed by atoms with Crippen LogP contribution < -0.4 is 0 Å². The van der Waals surface area contributed by atoms with Crippen LogP contribution in [0.2, 0.25) is 0 Å². The Morgan fingerprint density at radius 3 is 2.80 bits per heavy atom. The number of hydrogen-bond acceptors (Lipinski definition) is 2. The highest BCUT2D eigenvalue weighted by Gasteiger charge is 2.07. The van der Waals surface area contributed by atoms with Crippen molar-refractivity contribution in [3.05, 3.63) is 24.4 Å². The third-order valence-electron chi connectivity index (χ3n) is 2.26. The normalized spacial score (nSPS) is 13.6. The smallest absolute Gasteiger partial charge is 0.186 e. The molecule has 1 atom stereocenters. The highest BCUT2D eigenvalue weighted by atomic mass is 32.2. The van der Waals surface area contributed by atoms with Crippen molar-refractivity contribution in [3.8, 4) is 0 Å². The van der Waals surface area contributed by atoms with Crippen LogP contribution in [0.3, 0.4) is 0 Å². The molecule has 1 aromatic heterocycles. The molecule has 0 saturated carbocycles. The Bertz CT molecular complexity index is 519. The van der Waals surface area contributed by atoms with E-state index < -0.39 is 11.1 Å². The maximum absolute atomic E-state index is 10.9. The van der Waals surface area contributed by atoms with E-state index in [0.717, 1.165) is 10.9 Å². The number of rotatable bonds is 2. The van der Waals surface area contributed by atoms with Gasteiger partial charge in [0.25, 0.3) is 0 Å². The molecule has 2 rings (SSSR count). The van der Waals surface area contributed by atoms with Crippen LogP contribution in [0.4, 0.5) is 0 Å². The van der Waals surface area contributed by atoms with Crippen molar-refractivity contribution in [2.75, 3.05) is 0 Å². The fourth-order valence-corrected chi connectivity index (χ4v) is 1.96. The van der Waals surface area contributed by atoms with E-state index in [1.807, 2.05) is 24.6 Å². The second-order valence-corrected chi connectivity index (χ2v) is 4.62.